The van der Waals surface area contributed by atoms with Crippen molar-refractivity contribution in [3.05, 3.63) is 23.8 Å². The van der Waals surface area contributed by atoms with Gasteiger partial charge in [-0.3, -0.25) is 4.79 Å². The van der Waals surface area contributed by atoms with Gasteiger partial charge in [-0.1, -0.05) is 6.07 Å². The molecule has 1 amide bonds. The van der Waals surface area contributed by atoms with E-state index in [1.165, 1.54) is 0 Å². The minimum absolute atomic E-state index is 0.0192. The standard InChI is InChI=1S/C15H19NO4/c17-8-7-16(11-3-1-4-11)15(18)12-5-2-6-13-14(12)20-10-9-19-13/h2,5-6,11,17H,1,3-4,7-10H2. The number of ether oxygens (including phenoxy) is 2. The molecule has 0 spiro atoms. The fourth-order valence-corrected chi connectivity index (χ4v) is 2.65. The Morgan fingerprint density at radius 3 is 2.80 bits per heavy atom. The summed E-state index contributed by atoms with van der Waals surface area (Å²) in [5.74, 6) is 1.08. The van der Waals surface area contributed by atoms with Crippen LogP contribution in [-0.4, -0.2) is 48.3 Å². The number of rotatable bonds is 4. The summed E-state index contributed by atoms with van der Waals surface area (Å²) in [7, 11) is 0. The SMILES string of the molecule is O=C(c1cccc2c1OCCO2)N(CCO)C1CCC1. The van der Waals surface area contributed by atoms with Gasteiger partial charge in [-0.05, 0) is 31.4 Å². The van der Waals surface area contributed by atoms with Crippen molar-refractivity contribution in [3.63, 3.8) is 0 Å². The molecule has 0 aromatic heterocycles. The van der Waals surface area contributed by atoms with Crippen LogP contribution in [0.2, 0.25) is 0 Å². The molecule has 1 heterocycles. The molecule has 0 atom stereocenters. The third-order valence-electron chi connectivity index (χ3n) is 3.91. The van der Waals surface area contributed by atoms with Crippen LogP contribution < -0.4 is 9.47 Å². The van der Waals surface area contributed by atoms with E-state index in [0.717, 1.165) is 19.3 Å². The van der Waals surface area contributed by atoms with Crippen LogP contribution in [-0.2, 0) is 0 Å². The molecule has 1 aromatic rings. The predicted molar refractivity (Wildman–Crippen MR) is 73.2 cm³/mol. The molecule has 1 fully saturated rings. The highest BCUT2D eigenvalue weighted by molar-refractivity contribution is 5.98. The van der Waals surface area contributed by atoms with E-state index in [1.807, 2.05) is 6.07 Å². The number of hydrogen-bond acceptors (Lipinski definition) is 4. The number of para-hydroxylation sites is 1. The van der Waals surface area contributed by atoms with Crippen molar-refractivity contribution in [1.29, 1.82) is 0 Å². The van der Waals surface area contributed by atoms with Crippen molar-refractivity contribution >= 4 is 5.91 Å². The van der Waals surface area contributed by atoms with Gasteiger partial charge in [0.05, 0.1) is 12.2 Å². The summed E-state index contributed by atoms with van der Waals surface area (Å²) in [5, 5.41) is 9.19. The second-order valence-corrected chi connectivity index (χ2v) is 5.14. The summed E-state index contributed by atoms with van der Waals surface area (Å²) in [6, 6.07) is 5.62. The molecule has 20 heavy (non-hydrogen) atoms. The Morgan fingerprint density at radius 2 is 2.10 bits per heavy atom. The van der Waals surface area contributed by atoms with E-state index in [2.05, 4.69) is 0 Å². The average Bonchev–Trinajstić information content (AvgIpc) is 2.43. The smallest absolute Gasteiger partial charge is 0.258 e. The number of hydrogen-bond donors (Lipinski definition) is 1. The Hall–Kier alpha value is -1.75. The molecule has 5 heteroatoms. The van der Waals surface area contributed by atoms with E-state index >= 15 is 0 Å². The molecule has 108 valence electrons. The van der Waals surface area contributed by atoms with Crippen LogP contribution in [0.1, 0.15) is 29.6 Å². The normalized spacial score (nSPS) is 17.4. The molecule has 1 N–H and O–H groups in total. The summed E-state index contributed by atoms with van der Waals surface area (Å²) in [6.07, 6.45) is 3.17. The van der Waals surface area contributed by atoms with Gasteiger partial charge >= 0.3 is 0 Å². The molecule has 0 saturated heterocycles. The summed E-state index contributed by atoms with van der Waals surface area (Å²) in [5.41, 5.74) is 0.530. The topological polar surface area (TPSA) is 59.0 Å². The first-order valence-corrected chi connectivity index (χ1v) is 7.11. The zero-order valence-electron chi connectivity index (χ0n) is 11.4. The van der Waals surface area contributed by atoms with E-state index in [-0.39, 0.29) is 18.6 Å². The first-order valence-electron chi connectivity index (χ1n) is 7.11. The number of aliphatic hydroxyl groups excluding tert-OH is 1. The molecule has 0 bridgehead atoms. The summed E-state index contributed by atoms with van der Waals surface area (Å²) in [4.78, 5) is 14.5. The van der Waals surface area contributed by atoms with E-state index in [1.54, 1.807) is 17.0 Å². The Bertz CT molecular complexity index is 499. The molecule has 1 saturated carbocycles. The summed E-state index contributed by atoms with van der Waals surface area (Å²) >= 11 is 0. The highest BCUT2D eigenvalue weighted by atomic mass is 16.6. The molecule has 2 aliphatic rings. The Balaban J connectivity index is 1.88. The first kappa shape index (κ1) is 13.2. The number of nitrogens with zero attached hydrogens (tertiary/aromatic N) is 1. The van der Waals surface area contributed by atoms with Crippen LogP contribution in [0, 0.1) is 0 Å². The molecule has 5 nitrogen and oxygen atoms in total. The second-order valence-electron chi connectivity index (χ2n) is 5.14. The van der Waals surface area contributed by atoms with E-state index < -0.39 is 0 Å². The van der Waals surface area contributed by atoms with Crippen LogP contribution in [0.15, 0.2) is 18.2 Å². The lowest BCUT2D eigenvalue weighted by Gasteiger charge is -2.37. The highest BCUT2D eigenvalue weighted by Gasteiger charge is 2.31. The quantitative estimate of drug-likeness (QED) is 0.905. The largest absolute Gasteiger partial charge is 0.486 e. The van der Waals surface area contributed by atoms with Crippen molar-refractivity contribution in [3.8, 4) is 11.5 Å². The Kier molecular flexibility index (Phi) is 3.78. The number of carbonyl (C=O) groups excluding carboxylic acids is 1. The lowest BCUT2D eigenvalue weighted by molar-refractivity contribution is 0.0517. The molecule has 1 aliphatic heterocycles. The molecular formula is C15H19NO4. The van der Waals surface area contributed by atoms with E-state index in [4.69, 9.17) is 9.47 Å². The van der Waals surface area contributed by atoms with Gasteiger partial charge < -0.3 is 19.5 Å². The number of carbonyl (C=O) groups is 1. The van der Waals surface area contributed by atoms with Gasteiger partial charge in [0.2, 0.25) is 0 Å². The van der Waals surface area contributed by atoms with Crippen LogP contribution in [0.25, 0.3) is 0 Å². The average molecular weight is 277 g/mol. The fraction of sp³-hybridized carbons (Fsp3) is 0.533. The van der Waals surface area contributed by atoms with Gasteiger partial charge in [0.1, 0.15) is 13.2 Å². The van der Waals surface area contributed by atoms with Gasteiger partial charge in [-0.15, -0.1) is 0 Å². The van der Waals surface area contributed by atoms with Crippen molar-refractivity contribution in [2.75, 3.05) is 26.4 Å². The molecule has 1 aromatic carbocycles. The van der Waals surface area contributed by atoms with Crippen LogP contribution in [0.5, 0.6) is 11.5 Å². The maximum atomic E-state index is 12.7. The first-order chi connectivity index (χ1) is 9.81. The Labute approximate surface area is 118 Å². The van der Waals surface area contributed by atoms with Crippen molar-refractivity contribution in [1.82, 2.24) is 4.90 Å². The van der Waals surface area contributed by atoms with Gasteiger partial charge in [0, 0.05) is 12.6 Å². The van der Waals surface area contributed by atoms with E-state index in [0.29, 0.717) is 36.8 Å². The maximum Gasteiger partial charge on any atom is 0.258 e. The minimum Gasteiger partial charge on any atom is -0.486 e. The fourth-order valence-electron chi connectivity index (χ4n) is 2.65. The lowest BCUT2D eigenvalue weighted by atomic mass is 9.91. The molecule has 0 unspecified atom stereocenters. The number of aliphatic hydroxyl groups is 1. The molecule has 3 rings (SSSR count). The summed E-state index contributed by atoms with van der Waals surface area (Å²) in [6.45, 7) is 1.32. The van der Waals surface area contributed by atoms with Crippen molar-refractivity contribution in [2.24, 2.45) is 0 Å². The molecule has 0 radical (unpaired) electrons. The van der Waals surface area contributed by atoms with Gasteiger partial charge in [0.15, 0.2) is 11.5 Å². The van der Waals surface area contributed by atoms with Gasteiger partial charge in [-0.25, -0.2) is 0 Å². The number of fused-ring (bicyclic) bond motifs is 1. The zero-order chi connectivity index (χ0) is 13.9. The number of amides is 1. The van der Waals surface area contributed by atoms with Crippen LogP contribution in [0.4, 0.5) is 0 Å². The highest BCUT2D eigenvalue weighted by Crippen LogP contribution is 2.35. The second kappa shape index (κ2) is 5.71. The monoisotopic (exact) mass is 277 g/mol. The minimum atomic E-state index is -0.0777. The van der Waals surface area contributed by atoms with Crippen LogP contribution in [0.3, 0.4) is 0 Å². The molecular weight excluding hydrogens is 258 g/mol. The van der Waals surface area contributed by atoms with Gasteiger partial charge in [-0.2, -0.15) is 0 Å². The van der Waals surface area contributed by atoms with E-state index in [9.17, 15) is 9.90 Å². The van der Waals surface area contributed by atoms with Crippen molar-refractivity contribution in [2.45, 2.75) is 25.3 Å². The Morgan fingerprint density at radius 1 is 1.30 bits per heavy atom. The number of benzene rings is 1. The summed E-state index contributed by atoms with van der Waals surface area (Å²) < 4.78 is 11.1. The predicted octanol–water partition coefficient (Wildman–Crippen LogP) is 1.44. The third kappa shape index (κ3) is 2.33. The van der Waals surface area contributed by atoms with Crippen molar-refractivity contribution < 1.29 is 19.4 Å². The third-order valence-corrected chi connectivity index (χ3v) is 3.91. The molecule has 1 aliphatic carbocycles. The zero-order valence-corrected chi connectivity index (χ0v) is 11.4. The maximum absolute atomic E-state index is 12.7. The van der Waals surface area contributed by atoms with Crippen LogP contribution >= 0.6 is 0 Å². The lowest BCUT2D eigenvalue weighted by Crippen LogP contribution is -2.45. The van der Waals surface area contributed by atoms with Gasteiger partial charge in [0.25, 0.3) is 5.91 Å².